The number of nitrogens with one attached hydrogen (secondary N) is 1. The van der Waals surface area contributed by atoms with Crippen LogP contribution in [0.4, 0.5) is 0 Å². The van der Waals surface area contributed by atoms with E-state index in [0.29, 0.717) is 5.41 Å². The summed E-state index contributed by atoms with van der Waals surface area (Å²) in [6, 6.07) is 1.04. The summed E-state index contributed by atoms with van der Waals surface area (Å²) in [7, 11) is 0. The molecule has 2 rings (SSSR count). The molecule has 0 unspecified atom stereocenters. The average molecular weight is 125 g/mol. The van der Waals surface area contributed by atoms with Crippen LogP contribution in [-0.2, 0) is 4.74 Å². The fourth-order valence-electron chi connectivity index (χ4n) is 1.49. The van der Waals surface area contributed by atoms with Gasteiger partial charge in [-0.25, -0.2) is 5.53 Å². The Labute approximate surface area is 53.9 Å². The lowest BCUT2D eigenvalue weighted by molar-refractivity contribution is -0.146. The van der Waals surface area contributed by atoms with Gasteiger partial charge in [-0.1, -0.05) is 0 Å². The van der Waals surface area contributed by atoms with Crippen LogP contribution < -0.4 is 0 Å². The zero-order valence-corrected chi connectivity index (χ0v) is 5.18. The second kappa shape index (κ2) is 1.53. The molecule has 1 aliphatic carbocycles. The molecule has 1 heterocycles. The summed E-state index contributed by atoms with van der Waals surface area (Å²) in [5.41, 5.74) is 7.13. The van der Waals surface area contributed by atoms with Crippen molar-refractivity contribution in [2.45, 2.75) is 12.8 Å². The number of ether oxygens (including phenoxy) is 1. The Balaban J connectivity index is 1.88. The van der Waals surface area contributed by atoms with Crippen LogP contribution in [0.2, 0.25) is 0 Å². The Morgan fingerprint density at radius 2 is 2.11 bits per heavy atom. The predicted octanol–water partition coefficient (Wildman–Crippen LogP) is 1.36. The molecule has 0 atom stereocenters. The molecule has 0 amide bonds. The molecule has 0 aromatic heterocycles. The number of hydrogen-bond acceptors (Lipinski definition) is 3. The molecule has 1 radical (unpaired) electrons. The molecule has 0 bridgehead atoms. The molecule has 2 fully saturated rings. The molecule has 1 aliphatic heterocycles. The molecular weight excluding hydrogens is 116 g/mol. The van der Waals surface area contributed by atoms with Crippen molar-refractivity contribution in [2.75, 3.05) is 13.2 Å². The Bertz CT molecular complexity index is 134. The van der Waals surface area contributed by atoms with Crippen LogP contribution in [0.5, 0.6) is 0 Å². The summed E-state index contributed by atoms with van der Waals surface area (Å²) in [6.45, 7) is 1.79. The molecular formula is C6H9N2O. The molecule has 1 N–H and O–H groups in total. The van der Waals surface area contributed by atoms with Gasteiger partial charge in [0.1, 0.15) is 6.04 Å². The van der Waals surface area contributed by atoms with E-state index in [-0.39, 0.29) is 0 Å². The minimum Gasteiger partial charge on any atom is -0.380 e. The summed E-state index contributed by atoms with van der Waals surface area (Å²) in [6.07, 6.45) is 2.02. The van der Waals surface area contributed by atoms with Crippen LogP contribution >= 0.6 is 0 Å². The highest BCUT2D eigenvalue weighted by Crippen LogP contribution is 2.52. The van der Waals surface area contributed by atoms with Gasteiger partial charge in [0.15, 0.2) is 0 Å². The molecule has 9 heavy (non-hydrogen) atoms. The zero-order valence-electron chi connectivity index (χ0n) is 5.18. The Kier molecular flexibility index (Phi) is 0.913. The fourth-order valence-corrected chi connectivity index (χ4v) is 1.49. The van der Waals surface area contributed by atoms with Gasteiger partial charge in [0, 0.05) is 5.41 Å². The Morgan fingerprint density at radius 3 is 2.44 bits per heavy atom. The molecule has 0 aromatic rings. The van der Waals surface area contributed by atoms with Crippen LogP contribution in [0.3, 0.4) is 0 Å². The maximum Gasteiger partial charge on any atom is 0.110 e. The van der Waals surface area contributed by atoms with E-state index in [1.165, 1.54) is 0 Å². The van der Waals surface area contributed by atoms with Crippen molar-refractivity contribution in [3.63, 3.8) is 0 Å². The van der Waals surface area contributed by atoms with Crippen molar-refractivity contribution >= 4 is 0 Å². The predicted molar refractivity (Wildman–Crippen MR) is 30.9 cm³/mol. The van der Waals surface area contributed by atoms with E-state index in [4.69, 9.17) is 10.3 Å². The Hall–Kier alpha value is -0.440. The van der Waals surface area contributed by atoms with Crippen LogP contribution in [0.15, 0.2) is 5.11 Å². The van der Waals surface area contributed by atoms with Crippen LogP contribution in [0.25, 0.3) is 0 Å². The van der Waals surface area contributed by atoms with Gasteiger partial charge in [-0.05, 0) is 12.8 Å². The molecule has 3 heteroatoms. The van der Waals surface area contributed by atoms with E-state index in [9.17, 15) is 0 Å². The zero-order chi connectivity index (χ0) is 6.32. The highest BCUT2D eigenvalue weighted by molar-refractivity contribution is 5.11. The third kappa shape index (κ3) is 0.611. The van der Waals surface area contributed by atoms with Gasteiger partial charge >= 0.3 is 0 Å². The monoisotopic (exact) mass is 125 g/mol. The topological polar surface area (TPSA) is 45.4 Å². The molecule has 3 nitrogen and oxygen atoms in total. The van der Waals surface area contributed by atoms with Crippen LogP contribution in [-0.4, -0.2) is 13.2 Å². The highest BCUT2D eigenvalue weighted by Gasteiger charge is 2.50. The highest BCUT2D eigenvalue weighted by atomic mass is 16.5. The van der Waals surface area contributed by atoms with Gasteiger partial charge in [0.2, 0.25) is 0 Å². The van der Waals surface area contributed by atoms with Crippen LogP contribution in [0.1, 0.15) is 12.8 Å². The maximum atomic E-state index is 6.68. The van der Waals surface area contributed by atoms with Gasteiger partial charge in [-0.3, -0.25) is 0 Å². The maximum absolute atomic E-state index is 6.68. The average Bonchev–Trinajstić information content (AvgIpc) is 1.59. The van der Waals surface area contributed by atoms with E-state index in [1.807, 2.05) is 0 Å². The molecule has 0 aromatic carbocycles. The lowest BCUT2D eigenvalue weighted by Gasteiger charge is -2.50. The van der Waals surface area contributed by atoms with Crippen molar-refractivity contribution in [1.29, 1.82) is 5.53 Å². The summed E-state index contributed by atoms with van der Waals surface area (Å²) in [5, 5.41) is 3.38. The van der Waals surface area contributed by atoms with E-state index in [2.05, 4.69) is 5.11 Å². The van der Waals surface area contributed by atoms with Crippen LogP contribution in [0, 0.1) is 17.0 Å². The first-order valence-electron chi connectivity index (χ1n) is 3.15. The fraction of sp³-hybridized carbons (Fsp3) is 0.833. The van der Waals surface area contributed by atoms with E-state index in [1.54, 1.807) is 0 Å². The standard InChI is InChI=1S/C6H9N2O/c7-8-5-1-6(2-5)3-9-4-6/h7H,1-4H2. The molecule has 1 saturated heterocycles. The second-order valence-corrected chi connectivity index (χ2v) is 3.02. The normalized spacial score (nSPS) is 31.1. The van der Waals surface area contributed by atoms with Gasteiger partial charge in [-0.15, -0.1) is 0 Å². The molecule has 1 saturated carbocycles. The third-order valence-corrected chi connectivity index (χ3v) is 2.13. The van der Waals surface area contributed by atoms with E-state index >= 15 is 0 Å². The summed E-state index contributed by atoms with van der Waals surface area (Å²) >= 11 is 0. The smallest absolute Gasteiger partial charge is 0.110 e. The minimum absolute atomic E-state index is 0.444. The number of hydrogen-bond donors (Lipinski definition) is 1. The lowest BCUT2D eigenvalue weighted by Crippen LogP contribution is -2.50. The van der Waals surface area contributed by atoms with Crippen molar-refractivity contribution in [3.8, 4) is 0 Å². The third-order valence-electron chi connectivity index (χ3n) is 2.13. The molecule has 1 spiro atoms. The summed E-state index contributed by atoms with van der Waals surface area (Å²) in [5.74, 6) is 0. The van der Waals surface area contributed by atoms with Crippen molar-refractivity contribution in [3.05, 3.63) is 6.04 Å². The number of nitrogens with zero attached hydrogens (tertiary/aromatic N) is 1. The first-order valence-corrected chi connectivity index (χ1v) is 3.15. The van der Waals surface area contributed by atoms with Gasteiger partial charge in [-0.2, -0.15) is 5.11 Å². The number of rotatable bonds is 1. The van der Waals surface area contributed by atoms with Crippen molar-refractivity contribution in [1.82, 2.24) is 0 Å². The SMILES string of the molecule is N=N[C]1CC2(COC2)C1. The van der Waals surface area contributed by atoms with Gasteiger partial charge < -0.3 is 4.74 Å². The summed E-state index contributed by atoms with van der Waals surface area (Å²) < 4.78 is 5.06. The lowest BCUT2D eigenvalue weighted by atomic mass is 9.64. The Morgan fingerprint density at radius 1 is 1.44 bits per heavy atom. The molecule has 2 aliphatic rings. The quantitative estimate of drug-likeness (QED) is 0.528. The first-order chi connectivity index (χ1) is 4.35. The van der Waals surface area contributed by atoms with Crippen molar-refractivity contribution in [2.24, 2.45) is 10.5 Å². The minimum atomic E-state index is 0.444. The van der Waals surface area contributed by atoms with Gasteiger partial charge in [0.05, 0.1) is 13.2 Å². The first kappa shape index (κ1) is 5.35. The summed E-state index contributed by atoms with van der Waals surface area (Å²) in [4.78, 5) is 0. The van der Waals surface area contributed by atoms with Crippen molar-refractivity contribution < 1.29 is 4.74 Å². The van der Waals surface area contributed by atoms with Gasteiger partial charge in [0.25, 0.3) is 0 Å². The molecule has 49 valence electrons. The van der Waals surface area contributed by atoms with E-state index in [0.717, 1.165) is 32.1 Å². The van der Waals surface area contributed by atoms with E-state index < -0.39 is 0 Å². The largest absolute Gasteiger partial charge is 0.380 e. The second-order valence-electron chi connectivity index (χ2n) is 3.02.